The lowest BCUT2D eigenvalue weighted by molar-refractivity contribution is 0.102. The molecule has 5 heteroatoms. The van der Waals surface area contributed by atoms with Crippen LogP contribution in [-0.2, 0) is 6.54 Å². The molecule has 0 aliphatic rings. The molecule has 2 aromatic carbocycles. The summed E-state index contributed by atoms with van der Waals surface area (Å²) in [5.74, 6) is -0.383. The molecular formula is C16H17BrN2O2. The van der Waals surface area contributed by atoms with Gasteiger partial charge < -0.3 is 15.7 Å². The smallest absolute Gasteiger partial charge is 0.259 e. The summed E-state index contributed by atoms with van der Waals surface area (Å²) in [5, 5.41) is 15.8. The van der Waals surface area contributed by atoms with Crippen molar-refractivity contribution in [3.63, 3.8) is 0 Å². The van der Waals surface area contributed by atoms with Crippen LogP contribution >= 0.6 is 15.9 Å². The third kappa shape index (κ3) is 4.31. The summed E-state index contributed by atoms with van der Waals surface area (Å²) in [6.45, 7) is 3.69. The number of rotatable bonds is 5. The summed E-state index contributed by atoms with van der Waals surface area (Å²) in [5.41, 5.74) is 2.04. The molecule has 0 atom stereocenters. The first-order valence-electron chi connectivity index (χ1n) is 6.69. The maximum absolute atomic E-state index is 12.2. The zero-order chi connectivity index (χ0) is 15.2. The lowest BCUT2D eigenvalue weighted by Gasteiger charge is -2.09. The summed E-state index contributed by atoms with van der Waals surface area (Å²) in [6, 6.07) is 12.4. The molecule has 2 rings (SSSR count). The number of hydrogen-bond donors (Lipinski definition) is 3. The van der Waals surface area contributed by atoms with E-state index in [2.05, 4.69) is 26.6 Å². The molecule has 0 saturated heterocycles. The van der Waals surface area contributed by atoms with Crippen LogP contribution in [0.3, 0.4) is 0 Å². The van der Waals surface area contributed by atoms with Crippen LogP contribution in [0.5, 0.6) is 5.75 Å². The Morgan fingerprint density at radius 3 is 2.76 bits per heavy atom. The molecule has 0 spiro atoms. The second-order valence-corrected chi connectivity index (χ2v) is 5.51. The van der Waals surface area contributed by atoms with E-state index in [1.165, 1.54) is 6.07 Å². The van der Waals surface area contributed by atoms with Gasteiger partial charge in [-0.2, -0.15) is 0 Å². The second kappa shape index (κ2) is 7.24. The maximum atomic E-state index is 12.2. The van der Waals surface area contributed by atoms with E-state index in [0.29, 0.717) is 5.69 Å². The predicted octanol–water partition coefficient (Wildman–Crippen LogP) is 3.52. The molecule has 0 bridgehead atoms. The van der Waals surface area contributed by atoms with Gasteiger partial charge in [0.1, 0.15) is 5.75 Å². The summed E-state index contributed by atoms with van der Waals surface area (Å²) >= 11 is 3.25. The SMILES string of the molecule is CCNCc1cccc(NC(=O)c2ccc(Br)cc2O)c1. The van der Waals surface area contributed by atoms with Crippen molar-refractivity contribution >= 4 is 27.5 Å². The average molecular weight is 349 g/mol. The Hall–Kier alpha value is -1.85. The molecule has 0 aliphatic heterocycles. The molecule has 0 aliphatic carbocycles. The van der Waals surface area contributed by atoms with E-state index in [1.54, 1.807) is 12.1 Å². The van der Waals surface area contributed by atoms with E-state index in [4.69, 9.17) is 0 Å². The molecule has 0 heterocycles. The standard InChI is InChI=1S/C16H17BrN2O2/c1-2-18-10-11-4-3-5-13(8-11)19-16(21)14-7-6-12(17)9-15(14)20/h3-9,18,20H,2,10H2,1H3,(H,19,21). The molecular weight excluding hydrogens is 332 g/mol. The third-order valence-electron chi connectivity index (χ3n) is 2.97. The van der Waals surface area contributed by atoms with Gasteiger partial charge in [-0.1, -0.05) is 35.0 Å². The van der Waals surface area contributed by atoms with Crippen LogP contribution in [0.15, 0.2) is 46.9 Å². The molecule has 0 radical (unpaired) electrons. The minimum Gasteiger partial charge on any atom is -0.507 e. The maximum Gasteiger partial charge on any atom is 0.259 e. The zero-order valence-corrected chi connectivity index (χ0v) is 13.3. The number of hydrogen-bond acceptors (Lipinski definition) is 3. The van der Waals surface area contributed by atoms with Gasteiger partial charge in [-0.25, -0.2) is 0 Å². The van der Waals surface area contributed by atoms with Gasteiger partial charge in [0.2, 0.25) is 0 Å². The molecule has 1 amide bonds. The van der Waals surface area contributed by atoms with Crippen LogP contribution in [0.25, 0.3) is 0 Å². The van der Waals surface area contributed by atoms with Crippen molar-refractivity contribution in [3.8, 4) is 5.75 Å². The molecule has 4 nitrogen and oxygen atoms in total. The van der Waals surface area contributed by atoms with Crippen molar-refractivity contribution in [1.29, 1.82) is 0 Å². The number of phenols is 1. The highest BCUT2D eigenvalue weighted by Gasteiger charge is 2.11. The Bertz CT molecular complexity index is 644. The Morgan fingerprint density at radius 2 is 2.05 bits per heavy atom. The van der Waals surface area contributed by atoms with Gasteiger partial charge in [0, 0.05) is 16.7 Å². The Balaban J connectivity index is 2.12. The summed E-state index contributed by atoms with van der Waals surface area (Å²) < 4.78 is 0.726. The molecule has 21 heavy (non-hydrogen) atoms. The van der Waals surface area contributed by atoms with Crippen LogP contribution in [0.4, 0.5) is 5.69 Å². The summed E-state index contributed by atoms with van der Waals surface area (Å²) in [6.07, 6.45) is 0. The number of carbonyl (C=O) groups excluding carboxylic acids is 1. The highest BCUT2D eigenvalue weighted by Crippen LogP contribution is 2.23. The number of benzene rings is 2. The van der Waals surface area contributed by atoms with Crippen molar-refractivity contribution < 1.29 is 9.90 Å². The van der Waals surface area contributed by atoms with E-state index >= 15 is 0 Å². The predicted molar refractivity (Wildman–Crippen MR) is 87.6 cm³/mol. The Labute approximate surface area is 132 Å². The number of carbonyl (C=O) groups is 1. The number of phenolic OH excluding ortho intramolecular Hbond substituents is 1. The van der Waals surface area contributed by atoms with Gasteiger partial charge >= 0.3 is 0 Å². The van der Waals surface area contributed by atoms with E-state index in [-0.39, 0.29) is 17.2 Å². The first kappa shape index (κ1) is 15.5. The number of aromatic hydroxyl groups is 1. The summed E-state index contributed by atoms with van der Waals surface area (Å²) in [7, 11) is 0. The lowest BCUT2D eigenvalue weighted by Crippen LogP contribution is -2.14. The number of amides is 1. The number of nitrogens with one attached hydrogen (secondary N) is 2. The first-order chi connectivity index (χ1) is 10.1. The monoisotopic (exact) mass is 348 g/mol. The highest BCUT2D eigenvalue weighted by molar-refractivity contribution is 9.10. The summed E-state index contributed by atoms with van der Waals surface area (Å²) in [4.78, 5) is 12.2. The van der Waals surface area contributed by atoms with Crippen molar-refractivity contribution in [2.45, 2.75) is 13.5 Å². The largest absolute Gasteiger partial charge is 0.507 e. The van der Waals surface area contributed by atoms with Gasteiger partial charge in [-0.3, -0.25) is 4.79 Å². The van der Waals surface area contributed by atoms with E-state index < -0.39 is 0 Å². The van der Waals surface area contributed by atoms with E-state index in [9.17, 15) is 9.90 Å². The second-order valence-electron chi connectivity index (χ2n) is 4.60. The highest BCUT2D eigenvalue weighted by atomic mass is 79.9. The molecule has 0 fully saturated rings. The molecule has 0 aromatic heterocycles. The zero-order valence-electron chi connectivity index (χ0n) is 11.7. The Kier molecular flexibility index (Phi) is 5.36. The van der Waals surface area contributed by atoms with Crippen molar-refractivity contribution in [2.24, 2.45) is 0 Å². The molecule has 0 saturated carbocycles. The van der Waals surface area contributed by atoms with Gasteiger partial charge in [0.15, 0.2) is 0 Å². The quantitative estimate of drug-likeness (QED) is 0.774. The van der Waals surface area contributed by atoms with Crippen LogP contribution in [0, 0.1) is 0 Å². The van der Waals surface area contributed by atoms with Crippen molar-refractivity contribution in [2.75, 3.05) is 11.9 Å². The molecule has 0 unspecified atom stereocenters. The fourth-order valence-corrected chi connectivity index (χ4v) is 2.27. The van der Waals surface area contributed by atoms with Crippen LogP contribution in [0.1, 0.15) is 22.8 Å². The van der Waals surface area contributed by atoms with Crippen LogP contribution < -0.4 is 10.6 Å². The van der Waals surface area contributed by atoms with Crippen molar-refractivity contribution in [3.05, 3.63) is 58.1 Å². The molecule has 110 valence electrons. The minimum absolute atomic E-state index is 0.0503. The Morgan fingerprint density at radius 1 is 1.24 bits per heavy atom. The van der Waals surface area contributed by atoms with E-state index in [0.717, 1.165) is 23.1 Å². The number of halogens is 1. The average Bonchev–Trinajstić information content (AvgIpc) is 2.45. The van der Waals surface area contributed by atoms with Gasteiger partial charge in [0.25, 0.3) is 5.91 Å². The topological polar surface area (TPSA) is 61.4 Å². The lowest BCUT2D eigenvalue weighted by atomic mass is 10.1. The van der Waals surface area contributed by atoms with Gasteiger partial charge in [-0.05, 0) is 42.4 Å². The van der Waals surface area contributed by atoms with Gasteiger partial charge in [0.05, 0.1) is 5.56 Å². The first-order valence-corrected chi connectivity index (χ1v) is 7.49. The van der Waals surface area contributed by atoms with Crippen LogP contribution in [-0.4, -0.2) is 17.6 Å². The molecule has 2 aromatic rings. The number of anilines is 1. The van der Waals surface area contributed by atoms with Gasteiger partial charge in [-0.15, -0.1) is 0 Å². The fourth-order valence-electron chi connectivity index (χ4n) is 1.92. The fraction of sp³-hybridized carbons (Fsp3) is 0.188. The minimum atomic E-state index is -0.333. The normalized spacial score (nSPS) is 10.4. The molecule has 3 N–H and O–H groups in total. The van der Waals surface area contributed by atoms with E-state index in [1.807, 2.05) is 31.2 Å². The van der Waals surface area contributed by atoms with Crippen LogP contribution in [0.2, 0.25) is 0 Å². The third-order valence-corrected chi connectivity index (χ3v) is 3.46. The van der Waals surface area contributed by atoms with Crippen molar-refractivity contribution in [1.82, 2.24) is 5.32 Å².